The van der Waals surface area contributed by atoms with E-state index in [1.165, 1.54) is 17.2 Å². The number of anilines is 1. The zero-order valence-corrected chi connectivity index (χ0v) is 17.8. The van der Waals surface area contributed by atoms with E-state index in [1.807, 2.05) is 23.1 Å². The van der Waals surface area contributed by atoms with Gasteiger partial charge in [0.05, 0.1) is 18.8 Å². The van der Waals surface area contributed by atoms with Gasteiger partial charge in [0.2, 0.25) is 0 Å². The fraction of sp³-hybridized carbons (Fsp3) is 0.250. The van der Waals surface area contributed by atoms with Gasteiger partial charge in [-0.3, -0.25) is 4.90 Å². The minimum Gasteiger partial charge on any atom is -0.441 e. The monoisotopic (exact) mass is 463 g/mol. The van der Waals surface area contributed by atoms with Crippen LogP contribution in [0.3, 0.4) is 0 Å². The Bertz CT molecular complexity index is 1050. The highest BCUT2D eigenvalue weighted by Crippen LogP contribution is 2.33. The molecule has 1 fully saturated rings. The highest BCUT2D eigenvalue weighted by atomic mass is 31.2. The van der Waals surface area contributed by atoms with Gasteiger partial charge in [0, 0.05) is 24.9 Å². The number of cyclic esters (lactones) is 1. The summed E-state index contributed by atoms with van der Waals surface area (Å²) in [5.41, 5.74) is 11.8. The molecule has 2 heterocycles. The van der Waals surface area contributed by atoms with Crippen LogP contribution in [0.15, 0.2) is 48.4 Å². The van der Waals surface area contributed by atoms with Gasteiger partial charge < -0.3 is 35.1 Å². The molecule has 0 bridgehead atoms. The molecule has 2 aliphatic heterocycles. The van der Waals surface area contributed by atoms with E-state index in [0.29, 0.717) is 35.7 Å². The summed E-state index contributed by atoms with van der Waals surface area (Å²) in [7, 11) is -2.54. The molecule has 1 atom stereocenters. The first kappa shape index (κ1) is 22.3. The average molecular weight is 463 g/mol. The molecule has 4 rings (SSSR count). The number of hydrazine groups is 1. The lowest BCUT2D eigenvalue weighted by atomic mass is 10.00. The molecule has 0 aliphatic carbocycles. The van der Waals surface area contributed by atoms with Crippen molar-refractivity contribution in [2.75, 3.05) is 18.1 Å². The van der Waals surface area contributed by atoms with Crippen LogP contribution in [0.4, 0.5) is 14.9 Å². The summed E-state index contributed by atoms with van der Waals surface area (Å²) in [5.74, 6) is 5.62. The summed E-state index contributed by atoms with van der Waals surface area (Å²) in [4.78, 5) is 33.1. The summed E-state index contributed by atoms with van der Waals surface area (Å²) in [6, 6.07) is 10.3. The Kier molecular flexibility index (Phi) is 6.45. The standard InChI is InChI=1S/C20H23FN5O5P/c21-18-6-15(26-10-16(31-20(26)27)11-30-32(28)29)3-4-17(18)12-1-2-13-8-25(9-14(13)5-12)19(7-22)24-23/h1-7,16,24,28-29H,8-11,22-23H2/b19-7+/t16-/m1/s1. The number of fused-ring (bicyclic) bond motifs is 1. The number of nitrogens with zero attached hydrogens (tertiary/aromatic N) is 2. The van der Waals surface area contributed by atoms with Gasteiger partial charge in [0.15, 0.2) is 0 Å². The van der Waals surface area contributed by atoms with Gasteiger partial charge >= 0.3 is 14.7 Å². The van der Waals surface area contributed by atoms with Crippen molar-refractivity contribution in [1.29, 1.82) is 0 Å². The fourth-order valence-electron chi connectivity index (χ4n) is 3.85. The van der Waals surface area contributed by atoms with E-state index < -0.39 is 26.6 Å². The van der Waals surface area contributed by atoms with Crippen LogP contribution in [-0.2, 0) is 22.4 Å². The molecular formula is C20H23FN5O5P. The third kappa shape index (κ3) is 4.47. The van der Waals surface area contributed by atoms with Crippen LogP contribution in [0.1, 0.15) is 11.1 Å². The third-order valence-electron chi connectivity index (χ3n) is 5.40. The zero-order chi connectivity index (χ0) is 22.8. The van der Waals surface area contributed by atoms with Crippen molar-refractivity contribution < 1.29 is 28.2 Å². The van der Waals surface area contributed by atoms with Gasteiger partial charge in [-0.25, -0.2) is 15.0 Å². The molecule has 1 amide bonds. The summed E-state index contributed by atoms with van der Waals surface area (Å²) >= 11 is 0. The lowest BCUT2D eigenvalue weighted by Crippen LogP contribution is -2.33. The van der Waals surface area contributed by atoms with E-state index in [2.05, 4.69) is 5.43 Å². The van der Waals surface area contributed by atoms with Crippen LogP contribution in [0.5, 0.6) is 0 Å². The van der Waals surface area contributed by atoms with E-state index in [9.17, 15) is 4.79 Å². The van der Waals surface area contributed by atoms with Crippen molar-refractivity contribution in [2.24, 2.45) is 11.6 Å². The second kappa shape index (κ2) is 9.27. The number of hydrogen-bond acceptors (Lipinski definition) is 9. The molecule has 2 aromatic rings. The number of ether oxygens (including phenoxy) is 1. The summed E-state index contributed by atoms with van der Waals surface area (Å²) in [6.07, 6.45) is 0.0726. The molecule has 12 heteroatoms. The van der Waals surface area contributed by atoms with Crippen molar-refractivity contribution in [3.05, 3.63) is 65.4 Å². The van der Waals surface area contributed by atoms with Gasteiger partial charge in [-0.2, -0.15) is 0 Å². The molecule has 0 radical (unpaired) electrons. The predicted molar refractivity (Wildman–Crippen MR) is 116 cm³/mol. The Hall–Kier alpha value is -2.95. The highest BCUT2D eigenvalue weighted by Gasteiger charge is 2.33. The Morgan fingerprint density at radius 2 is 2.06 bits per heavy atom. The number of amides is 1. The number of nitrogens with two attached hydrogens (primary N) is 2. The van der Waals surface area contributed by atoms with Crippen LogP contribution in [0.2, 0.25) is 0 Å². The molecule has 0 spiro atoms. The normalized spacial score (nSPS) is 18.3. The molecule has 2 aliphatic rings. The number of benzene rings is 2. The first-order chi connectivity index (χ1) is 15.4. The molecule has 2 aromatic carbocycles. The second-order valence-electron chi connectivity index (χ2n) is 7.36. The van der Waals surface area contributed by atoms with E-state index in [-0.39, 0.29) is 13.2 Å². The van der Waals surface area contributed by atoms with E-state index in [0.717, 1.165) is 11.1 Å². The van der Waals surface area contributed by atoms with Crippen LogP contribution in [0, 0.1) is 5.82 Å². The molecule has 10 nitrogen and oxygen atoms in total. The minimum atomic E-state index is -2.54. The van der Waals surface area contributed by atoms with E-state index >= 15 is 4.39 Å². The number of halogens is 1. The molecule has 0 unspecified atom stereocenters. The molecule has 7 N–H and O–H groups in total. The quantitative estimate of drug-likeness (QED) is 0.235. The van der Waals surface area contributed by atoms with E-state index in [4.69, 9.17) is 30.6 Å². The number of hydrogen-bond donors (Lipinski definition) is 5. The predicted octanol–water partition coefficient (Wildman–Crippen LogP) is 1.58. The van der Waals surface area contributed by atoms with Crippen LogP contribution in [0.25, 0.3) is 11.1 Å². The average Bonchev–Trinajstić information content (AvgIpc) is 3.35. The van der Waals surface area contributed by atoms with Gasteiger partial charge in [-0.05, 0) is 41.0 Å². The third-order valence-corrected chi connectivity index (χ3v) is 5.78. The van der Waals surface area contributed by atoms with Crippen LogP contribution in [-0.4, -0.2) is 40.0 Å². The molecule has 0 saturated carbocycles. The summed E-state index contributed by atoms with van der Waals surface area (Å²) < 4.78 is 24.8. The molecule has 170 valence electrons. The molecular weight excluding hydrogens is 440 g/mol. The van der Waals surface area contributed by atoms with Gasteiger partial charge in [-0.1, -0.05) is 12.1 Å². The summed E-state index contributed by atoms with van der Waals surface area (Å²) in [5, 5.41) is 0. The Labute approximate surface area is 184 Å². The second-order valence-corrected chi connectivity index (χ2v) is 8.13. The molecule has 0 aromatic heterocycles. The first-order valence-corrected chi connectivity index (χ1v) is 10.9. The maximum absolute atomic E-state index is 15.0. The summed E-state index contributed by atoms with van der Waals surface area (Å²) in [6.45, 7) is 1.18. The van der Waals surface area contributed by atoms with Crippen LogP contribution >= 0.6 is 8.60 Å². The SMILES string of the molecule is N/C=C(\NN)N1Cc2ccc(-c3ccc(N4C[C@H](COP(O)O)OC4=O)cc3F)cc2C1. The van der Waals surface area contributed by atoms with Crippen molar-refractivity contribution in [3.8, 4) is 11.1 Å². The smallest absolute Gasteiger partial charge is 0.414 e. The zero-order valence-electron chi connectivity index (χ0n) is 16.9. The topological polar surface area (TPSA) is 147 Å². The minimum absolute atomic E-state index is 0.113. The van der Waals surface area contributed by atoms with Crippen molar-refractivity contribution in [3.63, 3.8) is 0 Å². The Morgan fingerprint density at radius 3 is 2.75 bits per heavy atom. The lowest BCUT2D eigenvalue weighted by molar-refractivity contribution is 0.0987. The molecule has 1 saturated heterocycles. The number of rotatable bonds is 7. The fourth-order valence-corrected chi connectivity index (χ4v) is 4.15. The largest absolute Gasteiger partial charge is 0.441 e. The van der Waals surface area contributed by atoms with E-state index in [1.54, 1.807) is 12.1 Å². The van der Waals surface area contributed by atoms with Crippen molar-refractivity contribution >= 4 is 20.4 Å². The number of carbonyl (C=O) groups is 1. The van der Waals surface area contributed by atoms with Crippen molar-refractivity contribution in [2.45, 2.75) is 19.2 Å². The Balaban J connectivity index is 1.51. The maximum Gasteiger partial charge on any atom is 0.414 e. The number of nitrogens with one attached hydrogen (secondary N) is 1. The van der Waals surface area contributed by atoms with Gasteiger partial charge in [0.25, 0.3) is 0 Å². The van der Waals surface area contributed by atoms with Gasteiger partial charge in [0.1, 0.15) is 17.7 Å². The first-order valence-electron chi connectivity index (χ1n) is 9.73. The lowest BCUT2D eigenvalue weighted by Gasteiger charge is -2.19. The van der Waals surface area contributed by atoms with Crippen LogP contribution < -0.4 is 21.9 Å². The highest BCUT2D eigenvalue weighted by molar-refractivity contribution is 7.39. The number of carbonyl (C=O) groups excluding carboxylic acids is 1. The van der Waals surface area contributed by atoms with Gasteiger partial charge in [-0.15, -0.1) is 0 Å². The maximum atomic E-state index is 15.0. The molecule has 32 heavy (non-hydrogen) atoms. The Morgan fingerprint density at radius 1 is 1.28 bits per heavy atom. The van der Waals surface area contributed by atoms with Crippen molar-refractivity contribution in [1.82, 2.24) is 10.3 Å².